The van der Waals surface area contributed by atoms with Crippen LogP contribution in [0.1, 0.15) is 28.7 Å². The van der Waals surface area contributed by atoms with E-state index in [4.69, 9.17) is 10.5 Å². The first-order valence-corrected chi connectivity index (χ1v) is 9.88. The van der Waals surface area contributed by atoms with E-state index < -0.39 is 0 Å². The molecule has 4 rings (SSSR count). The van der Waals surface area contributed by atoms with Crippen molar-refractivity contribution in [3.63, 3.8) is 0 Å². The van der Waals surface area contributed by atoms with E-state index in [1.807, 2.05) is 18.5 Å². The van der Waals surface area contributed by atoms with Gasteiger partial charge in [0.25, 0.3) is 0 Å². The highest BCUT2D eigenvalue weighted by Crippen LogP contribution is 2.29. The number of hydrogen-bond acceptors (Lipinski definition) is 6. The summed E-state index contributed by atoms with van der Waals surface area (Å²) >= 11 is 1.64. The third-order valence-electron chi connectivity index (χ3n) is 5.15. The Kier molecular flexibility index (Phi) is 5.15. The molecule has 0 bridgehead atoms. The summed E-state index contributed by atoms with van der Waals surface area (Å²) in [6, 6.07) is 8.37. The summed E-state index contributed by atoms with van der Waals surface area (Å²) in [5.74, 6) is 0. The van der Waals surface area contributed by atoms with E-state index in [0.717, 1.165) is 44.3 Å². The molecule has 0 radical (unpaired) electrons. The van der Waals surface area contributed by atoms with Gasteiger partial charge in [-0.25, -0.2) is 4.98 Å². The average Bonchev–Trinajstić information content (AvgIpc) is 2.93. The zero-order valence-corrected chi connectivity index (χ0v) is 15.8. The molecule has 0 amide bonds. The normalized spacial score (nSPS) is 16.3. The van der Waals surface area contributed by atoms with E-state index >= 15 is 0 Å². The number of rotatable bonds is 5. The molecule has 2 aromatic heterocycles. The Balaban J connectivity index is 1.43. The van der Waals surface area contributed by atoms with Crippen molar-refractivity contribution < 1.29 is 4.74 Å². The van der Waals surface area contributed by atoms with Gasteiger partial charge >= 0.3 is 0 Å². The Morgan fingerprint density at radius 2 is 2.08 bits per heavy atom. The molecule has 0 spiro atoms. The van der Waals surface area contributed by atoms with E-state index in [9.17, 15) is 0 Å². The molecule has 3 heterocycles. The zero-order chi connectivity index (χ0) is 17.9. The number of ether oxygens (including phenoxy) is 1. The third-order valence-corrected chi connectivity index (χ3v) is 6.14. The number of fused-ring (bicyclic) bond motifs is 2. The van der Waals surface area contributed by atoms with E-state index in [1.54, 1.807) is 18.4 Å². The van der Waals surface area contributed by atoms with E-state index in [0.29, 0.717) is 5.13 Å². The van der Waals surface area contributed by atoms with Crippen LogP contribution in [-0.2, 0) is 17.6 Å². The van der Waals surface area contributed by atoms with Crippen LogP contribution in [0.3, 0.4) is 0 Å². The smallest absolute Gasteiger partial charge is 0.180 e. The minimum absolute atomic E-state index is 0.0553. The van der Waals surface area contributed by atoms with Gasteiger partial charge in [0.1, 0.15) is 0 Å². The fourth-order valence-electron chi connectivity index (χ4n) is 3.75. The lowest BCUT2D eigenvalue weighted by Gasteiger charge is -2.23. The second kappa shape index (κ2) is 7.70. The average molecular weight is 369 g/mol. The van der Waals surface area contributed by atoms with Gasteiger partial charge in [-0.3, -0.25) is 4.98 Å². The molecule has 0 fully saturated rings. The Morgan fingerprint density at radius 1 is 1.23 bits per heavy atom. The molecule has 2 N–H and O–H groups in total. The number of nitrogen functional groups attached to an aromatic ring is 1. The van der Waals surface area contributed by atoms with Gasteiger partial charge in [-0.1, -0.05) is 24.3 Å². The highest BCUT2D eigenvalue weighted by Gasteiger charge is 2.20. The van der Waals surface area contributed by atoms with Gasteiger partial charge < -0.3 is 15.4 Å². The quantitative estimate of drug-likeness (QED) is 0.747. The maximum Gasteiger partial charge on any atom is 0.180 e. The van der Waals surface area contributed by atoms with E-state index in [1.165, 1.54) is 21.5 Å². The Morgan fingerprint density at radius 3 is 2.96 bits per heavy atom. The second-order valence-electron chi connectivity index (χ2n) is 6.73. The molecule has 5 nitrogen and oxygen atoms in total. The monoisotopic (exact) mass is 368 g/mol. The van der Waals surface area contributed by atoms with Crippen molar-refractivity contribution in [1.82, 2.24) is 14.9 Å². The molecular formula is C20H24N4OS. The molecule has 1 aliphatic rings. The predicted octanol–water partition coefficient (Wildman–Crippen LogP) is 3.45. The van der Waals surface area contributed by atoms with Gasteiger partial charge in [-0.15, -0.1) is 11.3 Å². The van der Waals surface area contributed by atoms with Crippen molar-refractivity contribution in [2.75, 3.05) is 32.5 Å². The topological polar surface area (TPSA) is 64.3 Å². The number of nitrogens with zero attached hydrogens (tertiary/aromatic N) is 3. The lowest BCUT2D eigenvalue weighted by Crippen LogP contribution is -2.29. The first-order chi connectivity index (χ1) is 12.7. The number of anilines is 1. The van der Waals surface area contributed by atoms with E-state index in [2.05, 4.69) is 33.1 Å². The highest BCUT2D eigenvalue weighted by atomic mass is 32.1. The summed E-state index contributed by atoms with van der Waals surface area (Å²) in [6.07, 6.45) is 6.89. The zero-order valence-electron chi connectivity index (χ0n) is 15.0. The molecule has 1 unspecified atom stereocenters. The molecule has 1 aliphatic heterocycles. The van der Waals surface area contributed by atoms with Crippen LogP contribution >= 0.6 is 11.3 Å². The largest absolute Gasteiger partial charge is 0.377 e. The van der Waals surface area contributed by atoms with Gasteiger partial charge in [-0.2, -0.15) is 0 Å². The highest BCUT2D eigenvalue weighted by molar-refractivity contribution is 7.15. The Labute approximate surface area is 157 Å². The summed E-state index contributed by atoms with van der Waals surface area (Å²) in [4.78, 5) is 12.7. The van der Waals surface area contributed by atoms with E-state index in [-0.39, 0.29) is 6.10 Å². The summed E-state index contributed by atoms with van der Waals surface area (Å²) in [6.45, 7) is 3.09. The molecule has 26 heavy (non-hydrogen) atoms. The van der Waals surface area contributed by atoms with Crippen LogP contribution in [0.15, 0.2) is 36.7 Å². The van der Waals surface area contributed by atoms with Gasteiger partial charge in [0.15, 0.2) is 5.13 Å². The van der Waals surface area contributed by atoms with Crippen molar-refractivity contribution >= 4 is 27.2 Å². The van der Waals surface area contributed by atoms with Crippen LogP contribution < -0.4 is 5.73 Å². The van der Waals surface area contributed by atoms with Crippen LogP contribution in [0.25, 0.3) is 10.8 Å². The molecule has 0 saturated heterocycles. The maximum atomic E-state index is 5.84. The van der Waals surface area contributed by atoms with Gasteiger partial charge in [0.2, 0.25) is 0 Å². The molecule has 1 aromatic carbocycles. The molecule has 6 heteroatoms. The van der Waals surface area contributed by atoms with Crippen molar-refractivity contribution in [2.45, 2.75) is 25.4 Å². The van der Waals surface area contributed by atoms with Crippen LogP contribution in [0.2, 0.25) is 0 Å². The maximum absolute atomic E-state index is 5.84. The van der Waals surface area contributed by atoms with Crippen molar-refractivity contribution in [3.8, 4) is 0 Å². The number of thiazole rings is 1. The summed E-state index contributed by atoms with van der Waals surface area (Å²) in [5.41, 5.74) is 8.21. The number of hydrogen-bond donors (Lipinski definition) is 1. The molecular weight excluding hydrogens is 344 g/mol. The standard InChI is InChI=1S/C20H24N4OS/c1-25-18(16-13-22-12-14-4-2-3-5-15(14)16)7-10-24-9-6-17-19(8-11-24)26-20(21)23-17/h2-5,12-13,18H,6-11H2,1H3,(H2,21,23). The Hall–Kier alpha value is -2.02. The molecule has 1 atom stereocenters. The third kappa shape index (κ3) is 3.58. The second-order valence-corrected chi connectivity index (χ2v) is 7.84. The fourth-order valence-corrected chi connectivity index (χ4v) is 4.62. The molecule has 136 valence electrons. The van der Waals surface area contributed by atoms with Crippen LogP contribution in [0, 0.1) is 0 Å². The van der Waals surface area contributed by atoms with Crippen molar-refractivity contribution in [2.24, 2.45) is 0 Å². The van der Waals surface area contributed by atoms with Crippen LogP contribution in [0.5, 0.6) is 0 Å². The molecule has 0 saturated carbocycles. The summed E-state index contributed by atoms with van der Waals surface area (Å²) in [7, 11) is 1.79. The summed E-state index contributed by atoms with van der Waals surface area (Å²) < 4.78 is 5.84. The van der Waals surface area contributed by atoms with Crippen LogP contribution in [0.4, 0.5) is 5.13 Å². The number of methoxy groups -OCH3 is 1. The number of nitrogens with two attached hydrogens (primary N) is 1. The molecule has 0 aliphatic carbocycles. The fraction of sp³-hybridized carbons (Fsp3) is 0.400. The van der Waals surface area contributed by atoms with Gasteiger partial charge in [0, 0.05) is 61.4 Å². The molecule has 3 aromatic rings. The number of aromatic nitrogens is 2. The van der Waals surface area contributed by atoms with Crippen molar-refractivity contribution in [1.29, 1.82) is 0 Å². The van der Waals surface area contributed by atoms with Crippen LogP contribution in [-0.4, -0.2) is 41.6 Å². The minimum Gasteiger partial charge on any atom is -0.377 e. The van der Waals surface area contributed by atoms with Gasteiger partial charge in [0.05, 0.1) is 11.8 Å². The van der Waals surface area contributed by atoms with Crippen molar-refractivity contribution in [3.05, 3.63) is 52.8 Å². The Bertz CT molecular complexity index is 864. The number of benzene rings is 1. The summed E-state index contributed by atoms with van der Waals surface area (Å²) in [5, 5.41) is 3.09. The first-order valence-electron chi connectivity index (χ1n) is 9.06. The number of pyridine rings is 1. The minimum atomic E-state index is 0.0553. The first kappa shape index (κ1) is 17.4. The lowest BCUT2D eigenvalue weighted by atomic mass is 10.0. The lowest BCUT2D eigenvalue weighted by molar-refractivity contribution is 0.0844. The SMILES string of the molecule is COC(CCN1CCc2nc(N)sc2CC1)c1cncc2ccccc12. The predicted molar refractivity (Wildman–Crippen MR) is 106 cm³/mol. The van der Waals surface area contributed by atoms with Gasteiger partial charge in [-0.05, 0) is 18.2 Å².